The minimum absolute atomic E-state index is 0.0601. The number of nitriles is 1. The number of carbonyl (C=O) groups is 2. The van der Waals surface area contributed by atoms with E-state index < -0.39 is 5.97 Å². The van der Waals surface area contributed by atoms with Crippen LogP contribution in [0.3, 0.4) is 0 Å². The van der Waals surface area contributed by atoms with Crippen LogP contribution < -0.4 is 0 Å². The molecule has 0 aliphatic carbocycles. The van der Waals surface area contributed by atoms with Crippen LogP contribution in [0.25, 0.3) is 11.8 Å². The Balaban J connectivity index is 1.96. The summed E-state index contributed by atoms with van der Waals surface area (Å²) >= 11 is 0. The molecule has 3 rings (SSSR count). The van der Waals surface area contributed by atoms with E-state index in [1.807, 2.05) is 24.3 Å². The van der Waals surface area contributed by atoms with E-state index in [9.17, 15) is 9.59 Å². The number of hydrogen-bond acceptors (Lipinski definition) is 4. The largest absolute Gasteiger partial charge is 0.465 e. The summed E-state index contributed by atoms with van der Waals surface area (Å²) in [7, 11) is 1.34. The number of benzene rings is 2. The number of esters is 1. The van der Waals surface area contributed by atoms with Gasteiger partial charge in [0.15, 0.2) is 0 Å². The van der Waals surface area contributed by atoms with Crippen molar-refractivity contribution in [3.8, 4) is 6.07 Å². The van der Waals surface area contributed by atoms with Crippen LogP contribution in [-0.2, 0) is 9.53 Å². The molecule has 0 fully saturated rings. The molecule has 1 heterocycles. The zero-order chi connectivity index (χ0) is 21.0. The topological polar surface area (TPSA) is 70.4 Å². The highest BCUT2D eigenvalue weighted by molar-refractivity contribution is 6.10. The molecule has 29 heavy (non-hydrogen) atoms. The molecule has 1 aliphatic rings. The summed E-state index contributed by atoms with van der Waals surface area (Å²) in [5, 5.41) is 9.02. The van der Waals surface area contributed by atoms with Gasteiger partial charge in [0.25, 0.3) is 5.91 Å². The first-order chi connectivity index (χ1) is 13.9. The standard InChI is InChI=1S/C24H22N2O3/c1-16(2)15-26-22(19-8-6-18(14-25)7-9-19)13-21(23(26)27)12-17-4-10-20(11-5-17)24(28)29-3/h4-13,16H,15H2,1-3H3/b21-12+. The van der Waals surface area contributed by atoms with Crippen molar-refractivity contribution in [3.05, 3.63) is 82.4 Å². The van der Waals surface area contributed by atoms with Gasteiger partial charge in [-0.1, -0.05) is 38.1 Å². The molecule has 5 heteroatoms. The molecule has 0 spiro atoms. The second-order valence-electron chi connectivity index (χ2n) is 7.24. The maximum absolute atomic E-state index is 13.1. The lowest BCUT2D eigenvalue weighted by Crippen LogP contribution is -2.29. The summed E-state index contributed by atoms with van der Waals surface area (Å²) in [4.78, 5) is 26.4. The Morgan fingerprint density at radius 3 is 2.34 bits per heavy atom. The molecule has 0 radical (unpaired) electrons. The molecule has 2 aromatic rings. The Kier molecular flexibility index (Phi) is 5.94. The van der Waals surface area contributed by atoms with E-state index in [4.69, 9.17) is 10.00 Å². The van der Waals surface area contributed by atoms with E-state index in [2.05, 4.69) is 19.9 Å². The number of amides is 1. The average molecular weight is 386 g/mol. The van der Waals surface area contributed by atoms with Gasteiger partial charge in [0.1, 0.15) is 0 Å². The Morgan fingerprint density at radius 2 is 1.79 bits per heavy atom. The maximum Gasteiger partial charge on any atom is 0.337 e. The molecular formula is C24H22N2O3. The van der Waals surface area contributed by atoms with E-state index in [1.165, 1.54) is 7.11 Å². The minimum atomic E-state index is -0.396. The summed E-state index contributed by atoms with van der Waals surface area (Å²) in [5.74, 6) is -0.151. The number of carbonyl (C=O) groups excluding carboxylic acids is 2. The van der Waals surface area contributed by atoms with Crippen LogP contribution in [0, 0.1) is 17.2 Å². The van der Waals surface area contributed by atoms with Crippen molar-refractivity contribution >= 4 is 23.6 Å². The van der Waals surface area contributed by atoms with E-state index in [-0.39, 0.29) is 5.91 Å². The van der Waals surface area contributed by atoms with E-state index >= 15 is 0 Å². The number of hydrogen-bond donors (Lipinski definition) is 0. The Bertz CT molecular complexity index is 1020. The van der Waals surface area contributed by atoms with Crippen LogP contribution in [0.1, 0.15) is 40.9 Å². The highest BCUT2D eigenvalue weighted by atomic mass is 16.5. The monoisotopic (exact) mass is 386 g/mol. The van der Waals surface area contributed by atoms with Crippen molar-refractivity contribution in [2.75, 3.05) is 13.7 Å². The third kappa shape index (κ3) is 4.44. The van der Waals surface area contributed by atoms with Crippen molar-refractivity contribution < 1.29 is 14.3 Å². The first-order valence-electron chi connectivity index (χ1n) is 9.37. The maximum atomic E-state index is 13.1. The quantitative estimate of drug-likeness (QED) is 0.568. The van der Waals surface area contributed by atoms with Gasteiger partial charge in [0.05, 0.1) is 30.0 Å². The minimum Gasteiger partial charge on any atom is -0.465 e. The highest BCUT2D eigenvalue weighted by Crippen LogP contribution is 2.31. The van der Waals surface area contributed by atoms with Gasteiger partial charge in [-0.15, -0.1) is 0 Å². The van der Waals surface area contributed by atoms with Crippen molar-refractivity contribution in [2.45, 2.75) is 13.8 Å². The summed E-state index contributed by atoms with van der Waals surface area (Å²) in [6.45, 7) is 4.73. The molecular weight excluding hydrogens is 364 g/mol. The fraction of sp³-hybridized carbons (Fsp3) is 0.208. The molecule has 0 saturated heterocycles. The normalized spacial score (nSPS) is 14.9. The van der Waals surface area contributed by atoms with Gasteiger partial charge in [-0.2, -0.15) is 5.26 Å². The number of nitrogens with zero attached hydrogens (tertiary/aromatic N) is 2. The average Bonchev–Trinajstić information content (AvgIpc) is 3.03. The molecule has 0 atom stereocenters. The number of methoxy groups -OCH3 is 1. The van der Waals surface area contributed by atoms with Gasteiger partial charge in [0, 0.05) is 12.1 Å². The van der Waals surface area contributed by atoms with Crippen LogP contribution >= 0.6 is 0 Å². The number of ether oxygens (including phenoxy) is 1. The van der Waals surface area contributed by atoms with Crippen molar-refractivity contribution in [2.24, 2.45) is 5.92 Å². The third-order valence-electron chi connectivity index (χ3n) is 4.59. The first-order valence-corrected chi connectivity index (χ1v) is 9.37. The van der Waals surface area contributed by atoms with Gasteiger partial charge >= 0.3 is 5.97 Å². The molecule has 2 aromatic carbocycles. The predicted molar refractivity (Wildman–Crippen MR) is 111 cm³/mol. The molecule has 0 unspecified atom stereocenters. The van der Waals surface area contributed by atoms with Crippen LogP contribution in [0.2, 0.25) is 0 Å². The van der Waals surface area contributed by atoms with Crippen molar-refractivity contribution in [1.82, 2.24) is 4.90 Å². The summed E-state index contributed by atoms with van der Waals surface area (Å²) in [5.41, 5.74) is 4.16. The molecule has 0 aromatic heterocycles. The third-order valence-corrected chi connectivity index (χ3v) is 4.59. The van der Waals surface area contributed by atoms with E-state index in [0.29, 0.717) is 29.2 Å². The predicted octanol–water partition coefficient (Wildman–Crippen LogP) is 4.27. The summed E-state index contributed by atoms with van der Waals surface area (Å²) in [6.07, 6.45) is 3.69. The lowest BCUT2D eigenvalue weighted by molar-refractivity contribution is -0.123. The fourth-order valence-electron chi connectivity index (χ4n) is 3.17. The SMILES string of the molecule is COC(=O)c1ccc(/C=C2\C=C(c3ccc(C#N)cc3)N(CC(C)C)C2=O)cc1. The van der Waals surface area contributed by atoms with Gasteiger partial charge in [-0.25, -0.2) is 4.79 Å². The van der Waals surface area contributed by atoms with Gasteiger partial charge < -0.3 is 9.64 Å². The molecule has 1 aliphatic heterocycles. The molecule has 0 bridgehead atoms. The first kappa shape index (κ1) is 20.1. The number of rotatable bonds is 5. The Hall–Kier alpha value is -3.65. The zero-order valence-electron chi connectivity index (χ0n) is 16.7. The summed E-state index contributed by atoms with van der Waals surface area (Å²) < 4.78 is 4.71. The van der Waals surface area contributed by atoms with E-state index in [1.54, 1.807) is 41.3 Å². The summed E-state index contributed by atoms with van der Waals surface area (Å²) in [6, 6.07) is 16.3. The molecule has 5 nitrogen and oxygen atoms in total. The van der Waals surface area contributed by atoms with Crippen LogP contribution in [0.5, 0.6) is 0 Å². The van der Waals surface area contributed by atoms with Crippen molar-refractivity contribution in [1.29, 1.82) is 5.26 Å². The Labute approximate surface area is 170 Å². The second-order valence-corrected chi connectivity index (χ2v) is 7.24. The lowest BCUT2D eigenvalue weighted by atomic mass is 10.1. The molecule has 0 N–H and O–H groups in total. The lowest BCUT2D eigenvalue weighted by Gasteiger charge is -2.22. The fourth-order valence-corrected chi connectivity index (χ4v) is 3.17. The van der Waals surface area contributed by atoms with Crippen LogP contribution in [0.15, 0.2) is 60.2 Å². The molecule has 0 saturated carbocycles. The zero-order valence-corrected chi connectivity index (χ0v) is 16.7. The highest BCUT2D eigenvalue weighted by Gasteiger charge is 2.29. The van der Waals surface area contributed by atoms with E-state index in [0.717, 1.165) is 16.8 Å². The van der Waals surface area contributed by atoms with Gasteiger partial charge in [-0.05, 0) is 53.5 Å². The van der Waals surface area contributed by atoms with Crippen LogP contribution in [0.4, 0.5) is 0 Å². The van der Waals surface area contributed by atoms with Gasteiger partial charge in [-0.3, -0.25) is 4.79 Å². The second kappa shape index (κ2) is 8.57. The Morgan fingerprint density at radius 1 is 1.14 bits per heavy atom. The van der Waals surface area contributed by atoms with Gasteiger partial charge in [0.2, 0.25) is 0 Å². The molecule has 146 valence electrons. The molecule has 1 amide bonds. The van der Waals surface area contributed by atoms with Crippen molar-refractivity contribution in [3.63, 3.8) is 0 Å². The van der Waals surface area contributed by atoms with Crippen LogP contribution in [-0.4, -0.2) is 30.4 Å². The smallest absolute Gasteiger partial charge is 0.337 e.